The minimum absolute atomic E-state index is 0.0276. The molecule has 8 aromatic rings. The van der Waals surface area contributed by atoms with Crippen molar-refractivity contribution in [3.63, 3.8) is 0 Å². The van der Waals surface area contributed by atoms with Gasteiger partial charge in [0.2, 0.25) is 5.78 Å². The largest absolute Gasteiger partial charge is 0.444 e. The number of Topliss-reactive ketones (excluding diaryl/α,β-unsaturated/α-hetero) is 6. The van der Waals surface area contributed by atoms with E-state index in [9.17, 15) is 160 Å². The number of hydrogen-bond donors (Lipinski definition) is 7. The zero-order valence-corrected chi connectivity index (χ0v) is 81.1. The quantitative estimate of drug-likeness (QED) is 0.0220. The molecule has 9 N–H and O–H groups in total. The van der Waals surface area contributed by atoms with E-state index in [0.29, 0.717) is 100 Å². The highest BCUT2D eigenvalue weighted by atomic mass is 79.9. The standard InChI is InChI=1S/C18H23F2NO3.C17H20F3NO4.C13H15F2NO.C12H10F3NO3.C12H12F3NO2.C12H13F3O.C12H11F3O.C6H2BrF3/c1-11-8-9-12(19)14(15(11)20)18(10-6-5-7-13(18)22)21-16(23)24-17(2,3)4;1-16(2,3)25-15(24)21-17(8-4-5-11(22)14(17)23)12-9(18)6-7-10(19)13(12)20;1-8-5-6-9(14)11(12(8)15)13(16)7-3-2-4-10(13)17;13-7-4-5-8(14)11(15)10(7)12(16(18)19)6-2-1-3-9(12)17;13-6-3-4-7(14)10(15)9(6)12(16)5-1-2-8(17)11(12)18;2*13-8-5-6-9(14)12(15)11(8)7-3-1-2-4-10(7)16;7-5-3(8)1-2-4(9)6(5)10/h8-9H,5-7,10H2,1-4H3,(H,21,23);6-7,11,22H,4-5,8H2,1-3H3,(H,21,24);5-6H,2-4,7,16H2,1H3;4-5H,1-3,6H2;3-4,8,17H,1-2,5,16H2;5-7,10,16H,1-4H2;5-7H,1-4H2;1-2H. The molecule has 0 aliphatic heterocycles. The first-order valence-electron chi connectivity index (χ1n) is 46.0. The van der Waals surface area contributed by atoms with Crippen LogP contribution in [-0.4, -0.2) is 96.6 Å². The predicted molar refractivity (Wildman–Crippen MR) is 484 cm³/mol. The molecule has 7 fully saturated rings. The number of nitrogens with two attached hydrogens (primary N) is 2. The number of hydrogen-bond acceptors (Lipinski definition) is 17. The molecule has 10 atom stereocenters. The third-order valence-corrected chi connectivity index (χ3v) is 26.1. The van der Waals surface area contributed by atoms with Gasteiger partial charge in [-0.05, 0) is 277 Å². The Morgan fingerprint density at radius 1 is 0.366 bits per heavy atom. The van der Waals surface area contributed by atoms with Gasteiger partial charge in [-0.25, -0.2) is 106 Å². The summed E-state index contributed by atoms with van der Waals surface area (Å²) in [6, 6.07) is 13.5. The summed E-state index contributed by atoms with van der Waals surface area (Å²) in [6.07, 6.45) is 3.59. The van der Waals surface area contributed by atoms with Gasteiger partial charge in [0.1, 0.15) is 115 Å². The van der Waals surface area contributed by atoms with E-state index >= 15 is 0 Å². The molecule has 145 heavy (non-hydrogen) atoms. The van der Waals surface area contributed by atoms with Crippen LogP contribution in [0, 0.1) is 152 Å². The second kappa shape index (κ2) is 49.8. The first-order valence-corrected chi connectivity index (χ1v) is 46.8. The molecular weight excluding hydrogens is 2030 g/mol. The SMILES string of the molecule is CC(C)(C)OC(=O)NC1(c2c(F)ccc(F)c2F)CCCC(O)C1=O.Cc1ccc(F)c(C2(N)CCCCC2=O)c1F.Cc1ccc(F)c(C2(NC(=O)OC(C)(C)C)CCCCC2=O)c1F.Fc1ccc(F)c(Br)c1F.NC1(c2c(F)ccc(F)c2F)CCCC(O)C1=O.O=C1CCCCC1(c1c(F)ccc(F)c1F)[N+](=O)[O-].O=C1CCCCC1c1c(F)ccc(F)c1F.OC1CCCCC1c1c(F)ccc(F)c1F. The number of aliphatic hydroxyl groups excluding tert-OH is 3. The van der Waals surface area contributed by atoms with Crippen LogP contribution in [-0.2, 0) is 65.9 Å². The highest BCUT2D eigenvalue weighted by molar-refractivity contribution is 9.10. The minimum atomic E-state index is -2.51. The average Bonchev–Trinajstić information content (AvgIpc) is 0.749. The Labute approximate surface area is 826 Å². The first kappa shape index (κ1) is 119. The van der Waals surface area contributed by atoms with Crippen LogP contribution in [0.1, 0.15) is 270 Å². The number of nitrogens with zero attached hydrogens (tertiary/aromatic N) is 1. The van der Waals surface area contributed by atoms with E-state index < -0.39 is 270 Å². The van der Waals surface area contributed by atoms with E-state index in [1.807, 2.05) is 0 Å². The Morgan fingerprint density at radius 3 is 1.19 bits per heavy atom. The molecule has 8 aromatic carbocycles. The van der Waals surface area contributed by atoms with E-state index in [1.54, 1.807) is 41.5 Å². The maximum absolute atomic E-state index is 14.7. The molecule has 20 nitrogen and oxygen atoms in total. The molecule has 10 unspecified atom stereocenters. The molecule has 0 spiro atoms. The van der Waals surface area contributed by atoms with Crippen LogP contribution in [0.15, 0.2) is 102 Å². The highest BCUT2D eigenvalue weighted by Gasteiger charge is 2.58. The monoisotopic (exact) mass is 2140 g/mol. The summed E-state index contributed by atoms with van der Waals surface area (Å²) < 4.78 is 307. The van der Waals surface area contributed by atoms with Crippen LogP contribution >= 0.6 is 15.9 Å². The number of halogens is 23. The fraction of sp³-hybridized carbons (Fsp3) is 0.451. The number of benzene rings is 8. The van der Waals surface area contributed by atoms with Crippen LogP contribution in [0.5, 0.6) is 0 Å². The predicted octanol–water partition coefficient (Wildman–Crippen LogP) is 23.1. The molecule has 7 saturated carbocycles. The third-order valence-electron chi connectivity index (χ3n) is 25.4. The summed E-state index contributed by atoms with van der Waals surface area (Å²) >= 11 is 2.54. The van der Waals surface area contributed by atoms with Crippen molar-refractivity contribution in [3.05, 3.63) is 290 Å². The average molecular weight is 2140 g/mol. The van der Waals surface area contributed by atoms with Gasteiger partial charge in [-0.2, -0.15) is 0 Å². The molecular formula is C102H106BrF22N5O15. The summed E-state index contributed by atoms with van der Waals surface area (Å²) in [6.45, 7) is 12.8. The van der Waals surface area contributed by atoms with E-state index in [-0.39, 0.29) is 92.5 Å². The topological polar surface area (TPSA) is 335 Å². The van der Waals surface area contributed by atoms with Crippen LogP contribution in [0.25, 0.3) is 0 Å². The molecule has 0 heterocycles. The first-order chi connectivity index (χ1) is 67.6. The normalized spacial score (nSPS) is 23.1. The number of alkyl carbamates (subject to hydrolysis) is 2. The van der Waals surface area contributed by atoms with Gasteiger partial charge in [0, 0.05) is 60.0 Å². The van der Waals surface area contributed by atoms with Gasteiger partial charge < -0.3 is 46.9 Å². The number of rotatable bonds is 10. The highest BCUT2D eigenvalue weighted by Crippen LogP contribution is 2.46. The maximum Gasteiger partial charge on any atom is 0.408 e. The number of aryl methyl sites for hydroxylation is 2. The lowest BCUT2D eigenvalue weighted by atomic mass is 9.73. The Kier molecular flexibility index (Phi) is 40.7. The van der Waals surface area contributed by atoms with Gasteiger partial charge in [-0.1, -0.05) is 37.8 Å². The van der Waals surface area contributed by atoms with Crippen molar-refractivity contribution in [3.8, 4) is 0 Å². The van der Waals surface area contributed by atoms with Crippen LogP contribution in [0.2, 0.25) is 0 Å². The number of aliphatic hydroxyl groups is 3. The molecule has 0 aromatic heterocycles. The van der Waals surface area contributed by atoms with Crippen molar-refractivity contribution in [1.29, 1.82) is 0 Å². The zero-order valence-electron chi connectivity index (χ0n) is 79.5. The number of carbonyl (C=O) groups is 8. The Morgan fingerprint density at radius 2 is 0.710 bits per heavy atom. The van der Waals surface area contributed by atoms with Crippen LogP contribution in [0.3, 0.4) is 0 Å². The van der Waals surface area contributed by atoms with Crippen LogP contribution in [0.4, 0.5) is 106 Å². The second-order valence-electron chi connectivity index (χ2n) is 37.7. The molecule has 15 rings (SSSR count). The number of ether oxygens (including phenoxy) is 2. The minimum Gasteiger partial charge on any atom is -0.444 e. The summed E-state index contributed by atoms with van der Waals surface area (Å²) in [5, 5.41) is 44.9. The van der Waals surface area contributed by atoms with Crippen molar-refractivity contribution in [1.82, 2.24) is 10.6 Å². The molecule has 7 aliphatic carbocycles. The van der Waals surface area contributed by atoms with Crippen molar-refractivity contribution < 1.29 is 165 Å². The number of nitro groups is 1. The van der Waals surface area contributed by atoms with Gasteiger partial charge in [-0.15, -0.1) is 0 Å². The van der Waals surface area contributed by atoms with E-state index in [4.69, 9.17) is 20.9 Å². The zero-order chi connectivity index (χ0) is 109. The Hall–Kier alpha value is -11.5. The third kappa shape index (κ3) is 27.5. The second-order valence-corrected chi connectivity index (χ2v) is 38.5. The summed E-state index contributed by atoms with van der Waals surface area (Å²) in [7, 11) is 0. The van der Waals surface area contributed by atoms with Crippen LogP contribution < -0.4 is 22.1 Å². The van der Waals surface area contributed by atoms with Crippen molar-refractivity contribution in [2.45, 2.75) is 291 Å². The lowest BCUT2D eigenvalue weighted by Gasteiger charge is -2.39. The molecule has 0 bridgehead atoms. The maximum atomic E-state index is 14.7. The van der Waals surface area contributed by atoms with Gasteiger partial charge in [0.05, 0.1) is 32.8 Å². The fourth-order valence-electron chi connectivity index (χ4n) is 18.1. The smallest absolute Gasteiger partial charge is 0.408 e. The lowest BCUT2D eigenvalue weighted by Crippen LogP contribution is -2.59. The lowest BCUT2D eigenvalue weighted by molar-refractivity contribution is -0.564. The number of ketones is 6. The van der Waals surface area contributed by atoms with E-state index in [1.165, 1.54) is 32.0 Å². The molecule has 0 saturated heterocycles. The van der Waals surface area contributed by atoms with Crippen molar-refractivity contribution in [2.75, 3.05) is 0 Å². The van der Waals surface area contributed by atoms with Crippen molar-refractivity contribution in [2.24, 2.45) is 11.5 Å². The van der Waals surface area contributed by atoms with Gasteiger partial charge in [0.15, 0.2) is 92.9 Å². The van der Waals surface area contributed by atoms with Gasteiger partial charge in [-0.3, -0.25) is 38.9 Å². The summed E-state index contributed by atoms with van der Waals surface area (Å²) in [4.78, 5) is 107. The number of nitrogens with one attached hydrogen (secondary N) is 2. The Bertz CT molecular complexity index is 6130. The fourth-order valence-corrected chi connectivity index (χ4v) is 18.4. The number of amides is 2. The van der Waals surface area contributed by atoms with Gasteiger partial charge >= 0.3 is 17.7 Å². The summed E-state index contributed by atoms with van der Waals surface area (Å²) in [5.74, 6) is -29.7. The summed E-state index contributed by atoms with van der Waals surface area (Å²) in [5.41, 5.74) is -3.61. The Balaban J connectivity index is 0.000000204. The van der Waals surface area contributed by atoms with E-state index in [2.05, 4.69) is 26.6 Å². The molecule has 2 amide bonds. The molecule has 7 aliphatic rings. The van der Waals surface area contributed by atoms with Crippen molar-refractivity contribution >= 4 is 62.8 Å². The number of carbonyl (C=O) groups excluding carboxylic acids is 8. The molecule has 43 heteroatoms. The van der Waals surface area contributed by atoms with E-state index in [0.717, 1.165) is 87.1 Å². The molecule has 790 valence electrons. The van der Waals surface area contributed by atoms with Gasteiger partial charge in [0.25, 0.3) is 0 Å². The molecule has 0 radical (unpaired) electrons.